The maximum atomic E-state index is 9.81. The molecule has 0 aliphatic heterocycles. The van der Waals surface area contributed by atoms with Crippen LogP contribution in [0, 0.1) is 0 Å². The third kappa shape index (κ3) is 11.4. The monoisotopic (exact) mass is 181 g/mol. The summed E-state index contributed by atoms with van der Waals surface area (Å²) in [7, 11) is -4.30. The predicted molar refractivity (Wildman–Crippen MR) is 39.1 cm³/mol. The molecular formula is C3H11MgNO4S. The van der Waals surface area contributed by atoms with E-state index in [4.69, 9.17) is 10.3 Å². The van der Waals surface area contributed by atoms with Gasteiger partial charge in [-0.2, -0.15) is 8.42 Å². The van der Waals surface area contributed by atoms with Crippen molar-refractivity contribution in [1.82, 2.24) is 0 Å². The molecule has 0 rings (SSSR count). The molecule has 0 radical (unpaired) electrons. The van der Waals surface area contributed by atoms with Crippen molar-refractivity contribution in [2.45, 2.75) is 13.0 Å². The Morgan fingerprint density at radius 3 is 2.30 bits per heavy atom. The molecule has 0 bridgehead atoms. The Hall–Kier alpha value is 0.596. The average Bonchev–Trinajstić information content (AvgIpc) is 1.59. The second-order valence-corrected chi connectivity index (χ2v) is 2.78. The van der Waals surface area contributed by atoms with Crippen LogP contribution in [0.2, 0.25) is 0 Å². The van der Waals surface area contributed by atoms with Crippen LogP contribution in [0.5, 0.6) is 0 Å². The van der Waals surface area contributed by atoms with Crippen molar-refractivity contribution in [2.75, 3.05) is 6.61 Å². The van der Waals surface area contributed by atoms with E-state index in [-0.39, 0.29) is 32.5 Å². The van der Waals surface area contributed by atoms with Crippen LogP contribution < -0.4 is 5.73 Å². The van der Waals surface area contributed by atoms with Crippen LogP contribution >= 0.6 is 0 Å². The minimum atomic E-state index is -4.30. The van der Waals surface area contributed by atoms with E-state index in [0.29, 0.717) is 0 Å². The molecule has 10 heavy (non-hydrogen) atoms. The number of hydrogen-bond acceptors (Lipinski definition) is 4. The topological polar surface area (TPSA) is 89.6 Å². The van der Waals surface area contributed by atoms with Gasteiger partial charge in [0.2, 0.25) is 0 Å². The smallest absolute Gasteiger partial charge is 1.00 e. The Balaban J connectivity index is -0.000000107. The molecule has 0 aliphatic rings. The summed E-state index contributed by atoms with van der Waals surface area (Å²) >= 11 is 0. The van der Waals surface area contributed by atoms with Gasteiger partial charge in [-0.3, -0.25) is 4.55 Å². The predicted octanol–water partition coefficient (Wildman–Crippen LogP) is -1.00. The number of rotatable bonds is 3. The molecule has 0 amide bonds. The third-order valence-corrected chi connectivity index (χ3v) is 0.914. The molecule has 0 aromatic heterocycles. The molecule has 1 unspecified atom stereocenters. The Morgan fingerprint density at radius 2 is 2.20 bits per heavy atom. The van der Waals surface area contributed by atoms with Crippen LogP contribution in [0.4, 0.5) is 0 Å². The summed E-state index contributed by atoms with van der Waals surface area (Å²) in [6.07, 6.45) is 0. The maximum Gasteiger partial charge on any atom is 2.00 e. The first-order valence-electron chi connectivity index (χ1n) is 2.29. The second kappa shape index (κ2) is 5.27. The third-order valence-electron chi connectivity index (χ3n) is 0.480. The molecule has 0 aliphatic carbocycles. The first-order chi connectivity index (χ1) is 3.92. The van der Waals surface area contributed by atoms with E-state index in [2.05, 4.69) is 4.18 Å². The van der Waals surface area contributed by atoms with Gasteiger partial charge in [-0.05, 0) is 6.92 Å². The van der Waals surface area contributed by atoms with E-state index >= 15 is 0 Å². The van der Waals surface area contributed by atoms with Crippen LogP contribution in [-0.2, 0) is 14.6 Å². The van der Waals surface area contributed by atoms with Gasteiger partial charge in [0.25, 0.3) is 0 Å². The first-order valence-corrected chi connectivity index (χ1v) is 3.66. The molecule has 0 saturated heterocycles. The van der Waals surface area contributed by atoms with E-state index in [1.807, 2.05) is 0 Å². The minimum absolute atomic E-state index is 0. The number of nitrogens with two attached hydrogens (primary N) is 1. The van der Waals surface area contributed by atoms with Crippen molar-refractivity contribution in [3.63, 3.8) is 0 Å². The summed E-state index contributed by atoms with van der Waals surface area (Å²) < 4.78 is 31.5. The van der Waals surface area contributed by atoms with Crippen LogP contribution in [0.15, 0.2) is 0 Å². The Labute approximate surface area is 79.0 Å². The summed E-state index contributed by atoms with van der Waals surface area (Å²) in [5.41, 5.74) is 5.10. The van der Waals surface area contributed by atoms with Gasteiger partial charge in [0.05, 0.1) is 6.61 Å². The average molecular weight is 181 g/mol. The Morgan fingerprint density at radius 1 is 1.80 bits per heavy atom. The zero-order chi connectivity index (χ0) is 7.49. The molecule has 0 heterocycles. The van der Waals surface area contributed by atoms with Crippen molar-refractivity contribution < 1.29 is 20.0 Å². The largest absolute Gasteiger partial charge is 2.00 e. The summed E-state index contributed by atoms with van der Waals surface area (Å²) in [6, 6.07) is -0.396. The summed E-state index contributed by atoms with van der Waals surface area (Å²) in [5.74, 6) is 0. The van der Waals surface area contributed by atoms with Gasteiger partial charge >= 0.3 is 33.5 Å². The first kappa shape index (κ1) is 13.2. The van der Waals surface area contributed by atoms with E-state index in [1.54, 1.807) is 6.92 Å². The van der Waals surface area contributed by atoms with Crippen molar-refractivity contribution in [2.24, 2.45) is 5.73 Å². The van der Waals surface area contributed by atoms with Crippen molar-refractivity contribution in [3.05, 3.63) is 0 Å². The zero-order valence-electron chi connectivity index (χ0n) is 7.65. The second-order valence-electron chi connectivity index (χ2n) is 1.69. The molecule has 3 N–H and O–H groups in total. The maximum absolute atomic E-state index is 9.81. The SMILES string of the molecule is CC(N)COS(=O)(=O)O.[H-].[H-].[Mg+2]. The van der Waals surface area contributed by atoms with Crippen LogP contribution in [0.25, 0.3) is 0 Å². The quantitative estimate of drug-likeness (QED) is 0.430. The van der Waals surface area contributed by atoms with Gasteiger partial charge in [-0.15, -0.1) is 0 Å². The van der Waals surface area contributed by atoms with E-state index < -0.39 is 16.4 Å². The Bertz CT molecular complexity index is 173. The molecule has 0 saturated carbocycles. The van der Waals surface area contributed by atoms with Gasteiger partial charge < -0.3 is 8.59 Å². The van der Waals surface area contributed by atoms with E-state index in [0.717, 1.165) is 0 Å². The fraction of sp³-hybridized carbons (Fsp3) is 1.00. The van der Waals surface area contributed by atoms with Gasteiger partial charge in [0.1, 0.15) is 0 Å². The van der Waals surface area contributed by atoms with Crippen LogP contribution in [0.3, 0.4) is 0 Å². The van der Waals surface area contributed by atoms with Crippen molar-refractivity contribution in [1.29, 1.82) is 0 Å². The van der Waals surface area contributed by atoms with Gasteiger partial charge in [-0.25, -0.2) is 4.18 Å². The molecule has 0 aromatic rings. The molecule has 60 valence electrons. The number of hydrogen-bond donors (Lipinski definition) is 2. The van der Waals surface area contributed by atoms with Crippen molar-refractivity contribution in [3.8, 4) is 0 Å². The summed E-state index contributed by atoms with van der Waals surface area (Å²) in [4.78, 5) is 0. The Kier molecular flexibility index (Phi) is 6.96. The molecule has 0 fully saturated rings. The van der Waals surface area contributed by atoms with E-state index in [1.165, 1.54) is 0 Å². The molecule has 7 heteroatoms. The van der Waals surface area contributed by atoms with Crippen LogP contribution in [0.1, 0.15) is 9.78 Å². The van der Waals surface area contributed by atoms with Gasteiger partial charge in [-0.1, -0.05) is 0 Å². The fourth-order valence-corrected chi connectivity index (χ4v) is 0.580. The van der Waals surface area contributed by atoms with Gasteiger partial charge in [0, 0.05) is 6.04 Å². The van der Waals surface area contributed by atoms with E-state index in [9.17, 15) is 8.42 Å². The molecule has 0 spiro atoms. The zero-order valence-corrected chi connectivity index (χ0v) is 7.88. The fourth-order valence-electron chi connectivity index (χ4n) is 0.193. The molecule has 0 aromatic carbocycles. The molecule has 1 atom stereocenters. The van der Waals surface area contributed by atoms with Crippen LogP contribution in [-0.4, -0.2) is 48.7 Å². The normalized spacial score (nSPS) is 13.9. The minimum Gasteiger partial charge on any atom is -1.00 e. The van der Waals surface area contributed by atoms with Crippen molar-refractivity contribution >= 4 is 33.5 Å². The molecule has 5 nitrogen and oxygen atoms in total. The summed E-state index contributed by atoms with van der Waals surface area (Å²) in [5, 5.41) is 0. The summed E-state index contributed by atoms with van der Waals surface area (Å²) in [6.45, 7) is 1.37. The van der Waals surface area contributed by atoms with Gasteiger partial charge in [0.15, 0.2) is 0 Å². The standard InChI is InChI=1S/C3H9NO4S.Mg.2H/c1-3(4)2-8-9(5,6)7;;;/h3H,2,4H2,1H3,(H,5,6,7);;;/q;+2;2*-1. The molecular weight excluding hydrogens is 170 g/mol.